The van der Waals surface area contributed by atoms with E-state index in [1.165, 1.54) is 6.33 Å². The molecule has 0 aliphatic carbocycles. The maximum Gasteiger partial charge on any atom is 0.224 e. The maximum absolute atomic E-state index is 12.2. The minimum atomic E-state index is -0.0533. The molecule has 0 saturated heterocycles. The van der Waals surface area contributed by atoms with E-state index in [1.54, 1.807) is 17.2 Å². The largest absolute Gasteiger partial charge is 0.341 e. The first-order valence-electron chi connectivity index (χ1n) is 8.27. The lowest BCUT2D eigenvalue weighted by molar-refractivity contribution is -0.116. The number of aryl methyl sites for hydroxylation is 1. The molecule has 0 aliphatic rings. The Morgan fingerprint density at radius 1 is 1.19 bits per heavy atom. The zero-order valence-corrected chi connectivity index (χ0v) is 14.0. The molecule has 4 aromatic rings. The third-order valence-electron chi connectivity index (χ3n) is 3.94. The number of hydrogen-bond acceptors (Lipinski definition) is 5. The predicted octanol–water partition coefficient (Wildman–Crippen LogP) is 2.17. The zero-order valence-electron chi connectivity index (χ0n) is 14.0. The second kappa shape index (κ2) is 7.14. The molecule has 4 rings (SSSR count). The molecule has 3 aromatic heterocycles. The van der Waals surface area contributed by atoms with Gasteiger partial charge in [-0.25, -0.2) is 19.6 Å². The fourth-order valence-corrected chi connectivity index (χ4v) is 2.66. The summed E-state index contributed by atoms with van der Waals surface area (Å²) < 4.78 is 1.75. The van der Waals surface area contributed by atoms with Crippen molar-refractivity contribution in [2.24, 2.45) is 0 Å². The molecule has 1 amide bonds. The summed E-state index contributed by atoms with van der Waals surface area (Å²) in [5.74, 6) is 0.708. The summed E-state index contributed by atoms with van der Waals surface area (Å²) in [6.07, 6.45) is 5.76. The first-order valence-corrected chi connectivity index (χ1v) is 8.27. The van der Waals surface area contributed by atoms with Crippen molar-refractivity contribution < 1.29 is 4.79 Å². The Morgan fingerprint density at radius 3 is 2.85 bits per heavy atom. The second-order valence-corrected chi connectivity index (χ2v) is 5.90. The molecule has 0 radical (unpaired) electrons. The highest BCUT2D eigenvalue weighted by molar-refractivity contribution is 5.90. The first kappa shape index (κ1) is 15.9. The number of amides is 1. The monoisotopic (exact) mass is 347 g/mol. The molecule has 0 saturated carbocycles. The van der Waals surface area contributed by atoms with Gasteiger partial charge < -0.3 is 10.3 Å². The summed E-state index contributed by atoms with van der Waals surface area (Å²) in [5.41, 5.74) is 3.41. The minimum absolute atomic E-state index is 0.0533. The van der Waals surface area contributed by atoms with E-state index in [2.05, 4.69) is 30.4 Å². The summed E-state index contributed by atoms with van der Waals surface area (Å²) in [6.45, 7) is 0.647. The van der Waals surface area contributed by atoms with E-state index in [9.17, 15) is 4.79 Å². The van der Waals surface area contributed by atoms with Crippen molar-refractivity contribution in [2.45, 2.75) is 19.4 Å². The second-order valence-electron chi connectivity index (χ2n) is 5.90. The molecule has 1 aromatic carbocycles. The summed E-state index contributed by atoms with van der Waals surface area (Å²) >= 11 is 0. The Bertz CT molecular complexity index is 973. The third kappa shape index (κ3) is 3.75. The summed E-state index contributed by atoms with van der Waals surface area (Å²) in [5, 5.41) is 6.97. The molecule has 0 fully saturated rings. The number of aromatic amines is 1. The van der Waals surface area contributed by atoms with E-state index in [-0.39, 0.29) is 5.91 Å². The van der Waals surface area contributed by atoms with E-state index < -0.39 is 0 Å². The molecule has 8 heteroatoms. The van der Waals surface area contributed by atoms with Crippen molar-refractivity contribution in [3.05, 3.63) is 66.6 Å². The fourth-order valence-electron chi connectivity index (χ4n) is 2.66. The molecule has 130 valence electrons. The molecule has 2 N–H and O–H groups in total. The number of pyridine rings is 1. The molecule has 0 bridgehead atoms. The van der Waals surface area contributed by atoms with Crippen molar-refractivity contribution in [2.75, 3.05) is 5.32 Å². The SMILES string of the molecule is O=C(CCc1nc2ncccc2[nH]1)Nc1ccc(Cn2cncn2)cc1. The zero-order chi connectivity index (χ0) is 17.8. The number of nitrogens with zero attached hydrogens (tertiary/aromatic N) is 5. The van der Waals surface area contributed by atoms with E-state index in [1.807, 2.05) is 36.4 Å². The van der Waals surface area contributed by atoms with Crippen LogP contribution in [0.3, 0.4) is 0 Å². The highest BCUT2D eigenvalue weighted by Gasteiger charge is 2.07. The molecular weight excluding hydrogens is 330 g/mol. The normalized spacial score (nSPS) is 10.9. The Morgan fingerprint density at radius 2 is 2.08 bits per heavy atom. The van der Waals surface area contributed by atoms with Crippen LogP contribution in [0.4, 0.5) is 5.69 Å². The van der Waals surface area contributed by atoms with Gasteiger partial charge in [-0.2, -0.15) is 5.10 Å². The van der Waals surface area contributed by atoms with Crippen LogP contribution in [-0.2, 0) is 17.8 Å². The Kier molecular flexibility index (Phi) is 4.38. The van der Waals surface area contributed by atoms with Gasteiger partial charge in [0.05, 0.1) is 12.1 Å². The molecule has 0 aliphatic heterocycles. The molecule has 3 heterocycles. The molecule has 8 nitrogen and oxygen atoms in total. The van der Waals surface area contributed by atoms with Gasteiger partial charge in [-0.3, -0.25) is 4.79 Å². The van der Waals surface area contributed by atoms with E-state index in [0.717, 1.165) is 22.6 Å². The van der Waals surface area contributed by atoms with Crippen LogP contribution >= 0.6 is 0 Å². The van der Waals surface area contributed by atoms with Crippen molar-refractivity contribution in [1.82, 2.24) is 29.7 Å². The van der Waals surface area contributed by atoms with Gasteiger partial charge in [0.1, 0.15) is 18.5 Å². The van der Waals surface area contributed by atoms with Gasteiger partial charge in [0, 0.05) is 24.7 Å². The van der Waals surface area contributed by atoms with Crippen LogP contribution in [0.25, 0.3) is 11.2 Å². The number of imidazole rings is 1. The number of carbonyl (C=O) groups is 1. The molecule has 0 spiro atoms. The number of aromatic nitrogens is 6. The Hall–Kier alpha value is -3.55. The smallest absolute Gasteiger partial charge is 0.224 e. The van der Waals surface area contributed by atoms with Crippen molar-refractivity contribution in [1.29, 1.82) is 0 Å². The molecular formula is C18H17N7O. The first-order chi connectivity index (χ1) is 12.8. The van der Waals surface area contributed by atoms with Crippen molar-refractivity contribution >= 4 is 22.8 Å². The van der Waals surface area contributed by atoms with Crippen LogP contribution in [-0.4, -0.2) is 35.6 Å². The highest BCUT2D eigenvalue weighted by atomic mass is 16.1. The van der Waals surface area contributed by atoms with Crippen LogP contribution in [0, 0.1) is 0 Å². The Labute approximate surface area is 149 Å². The van der Waals surface area contributed by atoms with E-state index in [4.69, 9.17) is 0 Å². The number of H-pyrrole nitrogens is 1. The maximum atomic E-state index is 12.2. The lowest BCUT2D eigenvalue weighted by Crippen LogP contribution is -2.12. The summed E-state index contributed by atoms with van der Waals surface area (Å²) in [7, 11) is 0. The van der Waals surface area contributed by atoms with E-state index >= 15 is 0 Å². The molecule has 0 unspecified atom stereocenters. The minimum Gasteiger partial charge on any atom is -0.341 e. The third-order valence-corrected chi connectivity index (χ3v) is 3.94. The van der Waals surface area contributed by atoms with E-state index in [0.29, 0.717) is 25.0 Å². The van der Waals surface area contributed by atoms with Gasteiger partial charge in [-0.15, -0.1) is 0 Å². The average molecular weight is 347 g/mol. The van der Waals surface area contributed by atoms with Crippen molar-refractivity contribution in [3.63, 3.8) is 0 Å². The highest BCUT2D eigenvalue weighted by Crippen LogP contribution is 2.12. The predicted molar refractivity (Wildman–Crippen MR) is 96.4 cm³/mol. The lowest BCUT2D eigenvalue weighted by Gasteiger charge is -2.06. The molecule has 26 heavy (non-hydrogen) atoms. The van der Waals surface area contributed by atoms with Crippen LogP contribution in [0.15, 0.2) is 55.2 Å². The summed E-state index contributed by atoms with van der Waals surface area (Å²) in [6, 6.07) is 11.5. The van der Waals surface area contributed by atoms with Gasteiger partial charge in [0.2, 0.25) is 5.91 Å². The van der Waals surface area contributed by atoms with Gasteiger partial charge in [-0.1, -0.05) is 12.1 Å². The summed E-state index contributed by atoms with van der Waals surface area (Å²) in [4.78, 5) is 27.8. The number of anilines is 1. The lowest BCUT2D eigenvalue weighted by atomic mass is 10.2. The van der Waals surface area contributed by atoms with Gasteiger partial charge in [0.25, 0.3) is 0 Å². The molecule has 0 atom stereocenters. The van der Waals surface area contributed by atoms with Crippen LogP contribution in [0.1, 0.15) is 17.8 Å². The average Bonchev–Trinajstić information content (AvgIpc) is 3.30. The van der Waals surface area contributed by atoms with Crippen LogP contribution in [0.2, 0.25) is 0 Å². The van der Waals surface area contributed by atoms with Crippen LogP contribution in [0.5, 0.6) is 0 Å². The number of rotatable bonds is 6. The van der Waals surface area contributed by atoms with Gasteiger partial charge in [0.15, 0.2) is 5.65 Å². The quantitative estimate of drug-likeness (QED) is 0.556. The van der Waals surface area contributed by atoms with Crippen molar-refractivity contribution in [3.8, 4) is 0 Å². The topological polar surface area (TPSA) is 101 Å². The van der Waals surface area contributed by atoms with Gasteiger partial charge in [-0.05, 0) is 29.8 Å². The number of carbonyl (C=O) groups excluding carboxylic acids is 1. The number of benzene rings is 1. The number of nitrogens with one attached hydrogen (secondary N) is 2. The number of hydrogen-bond donors (Lipinski definition) is 2. The Balaban J connectivity index is 1.31. The van der Waals surface area contributed by atoms with Crippen LogP contribution < -0.4 is 5.32 Å². The number of fused-ring (bicyclic) bond motifs is 1. The fraction of sp³-hybridized carbons (Fsp3) is 0.167. The van der Waals surface area contributed by atoms with Gasteiger partial charge >= 0.3 is 0 Å². The standard InChI is InChI=1S/C18H17N7O/c26-17(8-7-16-23-15-2-1-9-20-18(15)24-16)22-14-5-3-13(4-6-14)10-25-12-19-11-21-25/h1-6,9,11-12H,7-8,10H2,(H,22,26)(H,20,23,24).